The van der Waals surface area contributed by atoms with Crippen molar-refractivity contribution in [1.82, 2.24) is 4.90 Å². The number of rotatable bonds is 4. The van der Waals surface area contributed by atoms with E-state index in [0.29, 0.717) is 0 Å². The average Bonchev–Trinajstić information content (AvgIpc) is 2.44. The lowest BCUT2D eigenvalue weighted by Gasteiger charge is -2.33. The van der Waals surface area contributed by atoms with Crippen molar-refractivity contribution in [3.8, 4) is 0 Å². The minimum Gasteiger partial charge on any atom is -0.466 e. The molecule has 0 aromatic carbocycles. The highest BCUT2D eigenvalue weighted by molar-refractivity contribution is 7.87. The van der Waals surface area contributed by atoms with Gasteiger partial charge in [-0.2, -0.15) is 21.6 Å². The first-order chi connectivity index (χ1) is 10.9. The Morgan fingerprint density at radius 3 is 2.42 bits per heavy atom. The van der Waals surface area contributed by atoms with Crippen molar-refractivity contribution in [2.45, 2.75) is 24.9 Å². The minimum atomic E-state index is -5.91. The fourth-order valence-corrected chi connectivity index (χ4v) is 2.49. The van der Waals surface area contributed by atoms with Crippen LogP contribution < -0.4 is 0 Å². The predicted octanol–water partition coefficient (Wildman–Crippen LogP) is 1.61. The average molecular weight is 373 g/mol. The molecule has 1 heterocycles. The first kappa shape index (κ1) is 19.8. The number of ether oxygens (including phenoxy) is 1. The highest BCUT2D eigenvalue weighted by Gasteiger charge is 2.49. The summed E-state index contributed by atoms with van der Waals surface area (Å²) in [6.45, 7) is 1.04. The molecular formula is C12H14F3NO7S. The van der Waals surface area contributed by atoms with Gasteiger partial charge in [0, 0.05) is 24.6 Å². The van der Waals surface area contributed by atoms with Gasteiger partial charge in [0.25, 0.3) is 0 Å². The van der Waals surface area contributed by atoms with Crippen LogP contribution in [0.1, 0.15) is 13.3 Å². The summed E-state index contributed by atoms with van der Waals surface area (Å²) in [5.74, 6) is -1.45. The highest BCUT2D eigenvalue weighted by Crippen LogP contribution is 2.32. The molecule has 1 unspecified atom stereocenters. The molecule has 0 aromatic heterocycles. The second kappa shape index (κ2) is 7.11. The summed E-state index contributed by atoms with van der Waals surface area (Å²) >= 11 is 0. The third kappa shape index (κ3) is 4.40. The van der Waals surface area contributed by atoms with Crippen molar-refractivity contribution in [2.24, 2.45) is 0 Å². The predicted molar refractivity (Wildman–Crippen MR) is 73.1 cm³/mol. The van der Waals surface area contributed by atoms with Gasteiger partial charge in [-0.25, -0.2) is 9.59 Å². The number of esters is 1. The quantitative estimate of drug-likeness (QED) is 0.345. The number of hydrogen-bond donors (Lipinski definition) is 1. The number of carboxylic acid groups (broad SMARTS) is 1. The van der Waals surface area contributed by atoms with Crippen LogP contribution in [0.15, 0.2) is 23.5 Å². The van der Waals surface area contributed by atoms with E-state index in [1.165, 1.54) is 6.92 Å². The summed E-state index contributed by atoms with van der Waals surface area (Å²) in [4.78, 5) is 23.1. The monoisotopic (exact) mass is 373 g/mol. The molecule has 8 nitrogen and oxygen atoms in total. The van der Waals surface area contributed by atoms with E-state index in [4.69, 9.17) is 5.11 Å². The van der Waals surface area contributed by atoms with Crippen LogP contribution in [0.5, 0.6) is 0 Å². The number of hydrogen-bond acceptors (Lipinski definition) is 6. The molecule has 0 saturated carbocycles. The Balaban J connectivity index is 3.31. The molecule has 0 aliphatic carbocycles. The zero-order valence-electron chi connectivity index (χ0n) is 12.5. The molecule has 1 aliphatic heterocycles. The van der Waals surface area contributed by atoms with Crippen LogP contribution in [0, 0.1) is 0 Å². The smallest absolute Gasteiger partial charge is 0.466 e. The topological polar surface area (TPSA) is 110 Å². The van der Waals surface area contributed by atoms with Crippen LogP contribution in [0.4, 0.5) is 18.0 Å². The van der Waals surface area contributed by atoms with E-state index in [9.17, 15) is 31.2 Å². The Bertz CT molecular complexity index is 681. The molecule has 1 N–H and O–H groups in total. The Morgan fingerprint density at radius 1 is 1.38 bits per heavy atom. The van der Waals surface area contributed by atoms with Gasteiger partial charge in [-0.1, -0.05) is 0 Å². The molecule has 12 heteroatoms. The summed E-state index contributed by atoms with van der Waals surface area (Å²) in [6.07, 6.45) is 0.0181. The maximum Gasteiger partial charge on any atom is 0.534 e. The van der Waals surface area contributed by atoms with Gasteiger partial charge in [0.2, 0.25) is 0 Å². The summed E-state index contributed by atoms with van der Waals surface area (Å²) in [7, 11) is -4.85. The number of carbonyl (C=O) groups is 2. The second-order valence-electron chi connectivity index (χ2n) is 4.62. The molecule has 1 atom stereocenters. The van der Waals surface area contributed by atoms with Crippen LogP contribution in [0.3, 0.4) is 0 Å². The van der Waals surface area contributed by atoms with Gasteiger partial charge in [0.1, 0.15) is 5.76 Å². The zero-order chi connectivity index (χ0) is 18.7. The maximum absolute atomic E-state index is 12.5. The molecule has 0 aromatic rings. The molecule has 0 spiro atoms. The van der Waals surface area contributed by atoms with Crippen LogP contribution in [0.2, 0.25) is 0 Å². The van der Waals surface area contributed by atoms with Crippen LogP contribution in [-0.4, -0.2) is 55.7 Å². The molecule has 1 rings (SSSR count). The second-order valence-corrected chi connectivity index (χ2v) is 6.16. The first-order valence-corrected chi connectivity index (χ1v) is 7.81. The maximum atomic E-state index is 12.5. The summed E-state index contributed by atoms with van der Waals surface area (Å²) in [5, 5.41) is 9.05. The van der Waals surface area contributed by atoms with E-state index in [1.54, 1.807) is 0 Å². The van der Waals surface area contributed by atoms with Crippen molar-refractivity contribution >= 4 is 22.2 Å². The number of alkyl halides is 3. The Hall–Kier alpha value is -2.24. The van der Waals surface area contributed by atoms with Gasteiger partial charge in [-0.05, 0) is 13.0 Å². The summed E-state index contributed by atoms with van der Waals surface area (Å²) in [6, 6.07) is -1.03. The molecular weight excluding hydrogens is 359 g/mol. The minimum absolute atomic E-state index is 0.193. The lowest BCUT2D eigenvalue weighted by Crippen LogP contribution is -2.43. The van der Waals surface area contributed by atoms with Crippen molar-refractivity contribution in [3.63, 3.8) is 0 Å². The number of methoxy groups -OCH3 is 1. The Labute approximate surface area is 135 Å². The van der Waals surface area contributed by atoms with Gasteiger partial charge >= 0.3 is 27.7 Å². The van der Waals surface area contributed by atoms with Crippen LogP contribution >= 0.6 is 0 Å². The number of carbonyl (C=O) groups excluding carboxylic acids is 1. The van der Waals surface area contributed by atoms with Crippen molar-refractivity contribution in [1.29, 1.82) is 0 Å². The van der Waals surface area contributed by atoms with Crippen molar-refractivity contribution in [2.75, 3.05) is 13.7 Å². The third-order valence-corrected chi connectivity index (χ3v) is 4.15. The first-order valence-electron chi connectivity index (χ1n) is 6.40. The van der Waals surface area contributed by atoms with Gasteiger partial charge in [-0.3, -0.25) is 0 Å². The lowest BCUT2D eigenvalue weighted by atomic mass is 9.99. The fraction of sp³-hybridized carbons (Fsp3) is 0.500. The zero-order valence-corrected chi connectivity index (χ0v) is 13.3. The Morgan fingerprint density at radius 2 is 1.96 bits per heavy atom. The SMILES string of the molecule is COC(=O)/C=C/C1=C(OS(=O)(=O)C(F)(F)F)CCN(C(=O)O)C1C. The molecule has 0 bridgehead atoms. The van der Waals surface area contributed by atoms with Crippen LogP contribution in [-0.2, 0) is 23.8 Å². The van der Waals surface area contributed by atoms with E-state index in [2.05, 4.69) is 8.92 Å². The van der Waals surface area contributed by atoms with Gasteiger partial charge in [0.15, 0.2) is 0 Å². The normalized spacial score (nSPS) is 19.5. The van der Waals surface area contributed by atoms with E-state index in [0.717, 1.165) is 24.2 Å². The number of halogens is 3. The third-order valence-electron chi connectivity index (χ3n) is 3.16. The van der Waals surface area contributed by atoms with Gasteiger partial charge < -0.3 is 18.9 Å². The van der Waals surface area contributed by atoms with E-state index in [1.807, 2.05) is 0 Å². The van der Waals surface area contributed by atoms with Gasteiger partial charge in [-0.15, -0.1) is 0 Å². The lowest BCUT2D eigenvalue weighted by molar-refractivity contribution is -0.134. The molecule has 0 fully saturated rings. The molecule has 1 amide bonds. The highest BCUT2D eigenvalue weighted by atomic mass is 32.2. The number of amides is 1. The molecule has 0 radical (unpaired) electrons. The van der Waals surface area contributed by atoms with E-state index in [-0.39, 0.29) is 12.1 Å². The Kier molecular flexibility index (Phi) is 5.87. The number of nitrogens with zero attached hydrogens (tertiary/aromatic N) is 1. The molecule has 24 heavy (non-hydrogen) atoms. The fourth-order valence-electron chi connectivity index (χ4n) is 1.95. The van der Waals surface area contributed by atoms with Crippen molar-refractivity contribution < 1.29 is 45.2 Å². The van der Waals surface area contributed by atoms with Crippen molar-refractivity contribution in [3.05, 3.63) is 23.5 Å². The van der Waals surface area contributed by atoms with Crippen LogP contribution in [0.25, 0.3) is 0 Å². The van der Waals surface area contributed by atoms with E-state index >= 15 is 0 Å². The standard InChI is InChI=1S/C12H14F3NO7S/c1-7-8(3-4-10(17)22-2)9(5-6-16(7)11(18)19)23-24(20,21)12(13,14)15/h3-4,7H,5-6H2,1-2H3,(H,18,19)/b4-3+. The molecule has 1 aliphatic rings. The summed E-state index contributed by atoms with van der Waals surface area (Å²) in [5.41, 5.74) is -5.83. The molecule has 136 valence electrons. The molecule has 0 saturated heterocycles. The summed E-state index contributed by atoms with van der Waals surface area (Å²) < 4.78 is 68.1. The van der Waals surface area contributed by atoms with Gasteiger partial charge in [0.05, 0.1) is 13.2 Å². The van der Waals surface area contributed by atoms with E-state index < -0.39 is 45.9 Å². The largest absolute Gasteiger partial charge is 0.534 e.